The predicted octanol–water partition coefficient (Wildman–Crippen LogP) is 6.49. The number of aliphatic imine (C=N–C) groups is 1. The van der Waals surface area contributed by atoms with Gasteiger partial charge in [0, 0.05) is 31.5 Å². The van der Waals surface area contributed by atoms with Crippen LogP contribution in [0.25, 0.3) is 0 Å². The maximum absolute atomic E-state index is 5.61. The van der Waals surface area contributed by atoms with E-state index in [1.807, 2.05) is 34.7 Å². The van der Waals surface area contributed by atoms with E-state index in [9.17, 15) is 0 Å². The van der Waals surface area contributed by atoms with E-state index in [1.165, 1.54) is 36.8 Å². The van der Waals surface area contributed by atoms with Crippen LogP contribution in [-0.4, -0.2) is 30.5 Å². The number of fused-ring (bicyclic) bond motifs is 1. The second kappa shape index (κ2) is 11.4. The monoisotopic (exact) mass is 422 g/mol. The molecule has 1 aromatic heterocycles. The van der Waals surface area contributed by atoms with Gasteiger partial charge in [-0.15, -0.1) is 12.3 Å². The van der Waals surface area contributed by atoms with E-state index in [1.54, 1.807) is 0 Å². The predicted molar refractivity (Wildman–Crippen MR) is 136 cm³/mol. The third-order valence-corrected chi connectivity index (χ3v) is 6.45. The summed E-state index contributed by atoms with van der Waals surface area (Å²) in [4.78, 5) is 11.9. The van der Waals surface area contributed by atoms with Gasteiger partial charge in [-0.2, -0.15) is 0 Å². The minimum Gasteiger partial charge on any atom is -0.353 e. The largest absolute Gasteiger partial charge is 0.353 e. The standard InChI is InChI=1S/C23H30N4.2C2H6/c1-5-11-23-13-19(14-23)27(15-23)22-17(6-2)9-10-20(26-22)25-21(24-4)12-16(3)18-7-8-18;2*1-2/h1,9-10,12,18-19H,6-8,11,13-15H2,2-4H3,(H,24,25,26);2*1-2H3/b16-12+;;. The average Bonchev–Trinajstić information content (AvgIpc) is 3.50. The Kier molecular flexibility index (Phi) is 9.16. The Bertz CT molecular complexity index is 820. The fourth-order valence-electron chi connectivity index (χ4n) is 4.68. The molecule has 1 N–H and O–H groups in total. The topological polar surface area (TPSA) is 40.5 Å². The molecule has 4 heteroatoms. The van der Waals surface area contributed by atoms with Crippen molar-refractivity contribution in [2.75, 3.05) is 23.8 Å². The van der Waals surface area contributed by atoms with Gasteiger partial charge in [0.2, 0.25) is 0 Å². The van der Waals surface area contributed by atoms with Crippen LogP contribution in [0.5, 0.6) is 0 Å². The quantitative estimate of drug-likeness (QED) is 0.324. The number of amidine groups is 1. The van der Waals surface area contributed by atoms with Crippen molar-refractivity contribution in [3.05, 3.63) is 29.3 Å². The van der Waals surface area contributed by atoms with Crippen LogP contribution < -0.4 is 10.2 Å². The summed E-state index contributed by atoms with van der Waals surface area (Å²) in [7, 11) is 1.83. The Morgan fingerprint density at radius 3 is 2.52 bits per heavy atom. The Morgan fingerprint density at radius 1 is 1.29 bits per heavy atom. The lowest BCUT2D eigenvalue weighted by Gasteiger charge is -2.35. The summed E-state index contributed by atoms with van der Waals surface area (Å²) in [5, 5.41) is 3.42. The van der Waals surface area contributed by atoms with Gasteiger partial charge >= 0.3 is 0 Å². The van der Waals surface area contributed by atoms with Gasteiger partial charge in [0.15, 0.2) is 0 Å². The number of aromatic nitrogens is 1. The fourth-order valence-corrected chi connectivity index (χ4v) is 4.68. The first kappa shape index (κ1) is 25.0. The average molecular weight is 423 g/mol. The summed E-state index contributed by atoms with van der Waals surface area (Å²) >= 11 is 0. The number of hydrogen-bond donors (Lipinski definition) is 1. The summed E-state index contributed by atoms with van der Waals surface area (Å²) in [5.74, 6) is 6.52. The number of anilines is 2. The fraction of sp³-hybridized carbons (Fsp3) is 0.630. The van der Waals surface area contributed by atoms with Gasteiger partial charge in [-0.3, -0.25) is 4.99 Å². The molecule has 0 radical (unpaired) electrons. The van der Waals surface area contributed by atoms with Crippen LogP contribution in [0, 0.1) is 23.7 Å². The van der Waals surface area contributed by atoms with Crippen LogP contribution in [0.4, 0.5) is 11.6 Å². The number of pyridine rings is 1. The molecule has 4 fully saturated rings. The van der Waals surface area contributed by atoms with E-state index >= 15 is 0 Å². The van der Waals surface area contributed by atoms with Crippen molar-refractivity contribution in [2.24, 2.45) is 16.3 Å². The Hall–Kier alpha value is -2.28. The Morgan fingerprint density at radius 2 is 1.97 bits per heavy atom. The number of rotatable bonds is 6. The first-order chi connectivity index (χ1) is 15.1. The molecule has 31 heavy (non-hydrogen) atoms. The SMILES string of the molecule is C#CCC12CC(C1)N(c1nc(NC(/C=C(\C)C3CC3)=NC)ccc1CC)C2.CC.CC. The van der Waals surface area contributed by atoms with Crippen LogP contribution in [0.15, 0.2) is 28.8 Å². The molecule has 2 saturated heterocycles. The first-order valence-electron chi connectivity index (χ1n) is 12.2. The Labute approximate surface area is 190 Å². The highest BCUT2D eigenvalue weighted by Gasteiger charge is 2.55. The molecule has 5 rings (SSSR count). The number of hydrogen-bond acceptors (Lipinski definition) is 3. The molecule has 0 atom stereocenters. The molecule has 170 valence electrons. The van der Waals surface area contributed by atoms with Crippen molar-refractivity contribution in [3.8, 4) is 12.3 Å². The molecule has 2 aliphatic carbocycles. The van der Waals surface area contributed by atoms with Gasteiger partial charge in [-0.1, -0.05) is 46.3 Å². The van der Waals surface area contributed by atoms with Gasteiger partial charge in [0.25, 0.3) is 0 Å². The Balaban J connectivity index is 0.000000807. The zero-order valence-electron chi connectivity index (χ0n) is 20.8. The summed E-state index contributed by atoms with van der Waals surface area (Å²) in [6, 6.07) is 4.88. The van der Waals surface area contributed by atoms with Crippen molar-refractivity contribution < 1.29 is 0 Å². The van der Waals surface area contributed by atoms with Crippen molar-refractivity contribution in [1.82, 2.24) is 4.98 Å². The zero-order valence-corrected chi connectivity index (χ0v) is 20.8. The molecule has 2 saturated carbocycles. The highest BCUT2D eigenvalue weighted by atomic mass is 15.3. The zero-order chi connectivity index (χ0) is 23.0. The van der Waals surface area contributed by atoms with Crippen molar-refractivity contribution >= 4 is 17.5 Å². The molecular weight excluding hydrogens is 380 g/mol. The van der Waals surface area contributed by atoms with E-state index in [0.717, 1.165) is 42.8 Å². The summed E-state index contributed by atoms with van der Waals surface area (Å²) < 4.78 is 0. The summed E-state index contributed by atoms with van der Waals surface area (Å²) in [5.41, 5.74) is 3.05. The molecule has 1 aromatic rings. The number of nitrogens with one attached hydrogen (secondary N) is 1. The lowest BCUT2D eigenvalue weighted by Crippen LogP contribution is -2.34. The van der Waals surface area contributed by atoms with Gasteiger partial charge in [0.05, 0.1) is 0 Å². The van der Waals surface area contributed by atoms with E-state index in [4.69, 9.17) is 11.4 Å². The maximum Gasteiger partial charge on any atom is 0.134 e. The summed E-state index contributed by atoms with van der Waals surface area (Å²) in [6.07, 6.45) is 14.7. The number of terminal acetylenes is 1. The van der Waals surface area contributed by atoms with Crippen molar-refractivity contribution in [2.45, 2.75) is 86.1 Å². The van der Waals surface area contributed by atoms with E-state index in [2.05, 4.69) is 53.2 Å². The minimum absolute atomic E-state index is 0.329. The molecule has 3 heterocycles. The lowest BCUT2D eigenvalue weighted by atomic mass is 9.68. The molecule has 4 nitrogen and oxygen atoms in total. The number of aryl methyl sites for hydroxylation is 1. The van der Waals surface area contributed by atoms with Crippen molar-refractivity contribution in [1.29, 1.82) is 0 Å². The third-order valence-electron chi connectivity index (χ3n) is 6.45. The molecule has 2 bridgehead atoms. The normalized spacial score (nSPS) is 24.2. The van der Waals surface area contributed by atoms with Gasteiger partial charge in [-0.25, -0.2) is 4.98 Å². The molecule has 0 amide bonds. The van der Waals surface area contributed by atoms with Crippen LogP contribution in [0.3, 0.4) is 0 Å². The minimum atomic E-state index is 0.329. The van der Waals surface area contributed by atoms with Gasteiger partial charge in [-0.05, 0) is 62.7 Å². The molecule has 2 aliphatic heterocycles. The summed E-state index contributed by atoms with van der Waals surface area (Å²) in [6.45, 7) is 13.4. The number of allylic oxidation sites excluding steroid dienone is 1. The number of nitrogens with zero attached hydrogens (tertiary/aromatic N) is 3. The van der Waals surface area contributed by atoms with Crippen LogP contribution in [0.2, 0.25) is 0 Å². The highest BCUT2D eigenvalue weighted by Crippen LogP contribution is 2.55. The van der Waals surface area contributed by atoms with Gasteiger partial charge < -0.3 is 10.2 Å². The molecule has 4 aliphatic rings. The smallest absolute Gasteiger partial charge is 0.134 e. The van der Waals surface area contributed by atoms with E-state index in [-0.39, 0.29) is 0 Å². The van der Waals surface area contributed by atoms with Crippen molar-refractivity contribution in [3.63, 3.8) is 0 Å². The highest BCUT2D eigenvalue weighted by molar-refractivity contribution is 6.03. The molecular formula is C27H42N4. The third kappa shape index (κ3) is 5.70. The second-order valence-electron chi connectivity index (χ2n) is 8.50. The second-order valence-corrected chi connectivity index (χ2v) is 8.50. The molecule has 0 spiro atoms. The van der Waals surface area contributed by atoms with Crippen LogP contribution in [-0.2, 0) is 6.42 Å². The van der Waals surface area contributed by atoms with Crippen LogP contribution >= 0.6 is 0 Å². The van der Waals surface area contributed by atoms with E-state index in [0.29, 0.717) is 11.5 Å². The molecule has 0 aromatic carbocycles. The van der Waals surface area contributed by atoms with Crippen LogP contribution in [0.1, 0.15) is 79.2 Å². The first-order valence-corrected chi connectivity index (χ1v) is 12.2. The van der Waals surface area contributed by atoms with Gasteiger partial charge in [0.1, 0.15) is 17.5 Å². The molecule has 0 unspecified atom stereocenters. The maximum atomic E-state index is 5.61. The van der Waals surface area contributed by atoms with E-state index < -0.39 is 0 Å². The lowest BCUT2D eigenvalue weighted by molar-refractivity contribution is 0.206.